The zero-order chi connectivity index (χ0) is 25.1. The van der Waals surface area contributed by atoms with Gasteiger partial charge in [-0.1, -0.05) is 6.92 Å². The molecule has 4 heterocycles. The fraction of sp³-hybridized carbons (Fsp3) is 0.300. The Hall–Kier alpha value is -3.85. The van der Waals surface area contributed by atoms with Crippen molar-refractivity contribution in [3.8, 4) is 22.9 Å². The van der Waals surface area contributed by atoms with Crippen LogP contribution in [0.25, 0.3) is 28.1 Å². The average Bonchev–Trinajstić information content (AvgIpc) is 3.45. The molecule has 0 saturated carbocycles. The number of nitrogens with one attached hydrogen (secondary N) is 1. The van der Waals surface area contributed by atoms with Gasteiger partial charge in [0.1, 0.15) is 17.1 Å². The van der Waals surface area contributed by atoms with E-state index < -0.39 is 22.0 Å². The summed E-state index contributed by atoms with van der Waals surface area (Å²) in [6, 6.07) is 3.94. The summed E-state index contributed by atoms with van der Waals surface area (Å²) in [5, 5.41) is 3.86. The molecule has 1 N–H and O–H groups in total. The monoisotopic (exact) mass is 508 g/mol. The number of benzene rings is 1. The molecule has 0 bridgehead atoms. The van der Waals surface area contributed by atoms with Gasteiger partial charge in [0.05, 0.1) is 23.4 Å². The van der Waals surface area contributed by atoms with Crippen LogP contribution < -0.4 is 15.0 Å². The first kappa shape index (κ1) is 22.9. The lowest BCUT2D eigenvalue weighted by Crippen LogP contribution is -2.26. The second kappa shape index (κ2) is 7.84. The van der Waals surface area contributed by atoms with E-state index >= 15 is 0 Å². The third-order valence-electron chi connectivity index (χ3n) is 5.33. The van der Waals surface area contributed by atoms with Gasteiger partial charge in [-0.05, 0) is 13.0 Å². The summed E-state index contributed by atoms with van der Waals surface area (Å²) in [6.07, 6.45) is -2.47. The predicted octanol–water partition coefficient (Wildman–Crippen LogP) is 2.08. The summed E-state index contributed by atoms with van der Waals surface area (Å²) in [6.45, 7) is 3.34. The highest BCUT2D eigenvalue weighted by Crippen LogP contribution is 2.44. The van der Waals surface area contributed by atoms with E-state index in [1.165, 1.54) is 35.9 Å². The largest absolute Gasteiger partial charge is 0.586 e. The molecule has 4 aromatic rings. The molecule has 0 radical (unpaired) electrons. The summed E-state index contributed by atoms with van der Waals surface area (Å²) in [7, 11) is -2.34. The van der Waals surface area contributed by atoms with E-state index in [9.17, 15) is 22.0 Å². The number of ether oxygens (including phenoxy) is 2. The molecule has 5 rings (SSSR count). The van der Waals surface area contributed by atoms with Gasteiger partial charge in [0.25, 0.3) is 5.91 Å². The van der Waals surface area contributed by atoms with E-state index in [0.29, 0.717) is 5.52 Å². The number of hydroxylamine groups is 1. The molecule has 1 aliphatic rings. The summed E-state index contributed by atoms with van der Waals surface area (Å²) < 4.78 is 64.5. The van der Waals surface area contributed by atoms with Crippen molar-refractivity contribution >= 4 is 32.4 Å². The Morgan fingerprint density at radius 2 is 1.94 bits per heavy atom. The number of imidazole rings is 1. The lowest BCUT2D eigenvalue weighted by atomic mass is 10.3. The maximum atomic E-state index is 13.5. The van der Waals surface area contributed by atoms with Crippen LogP contribution in [0.1, 0.15) is 24.3 Å². The third kappa shape index (κ3) is 3.63. The Bertz CT molecular complexity index is 1610. The van der Waals surface area contributed by atoms with E-state index in [1.54, 1.807) is 14.0 Å². The van der Waals surface area contributed by atoms with Crippen LogP contribution in [0.3, 0.4) is 0 Å². The van der Waals surface area contributed by atoms with Gasteiger partial charge in [0.2, 0.25) is 0 Å². The first-order valence-corrected chi connectivity index (χ1v) is 12.0. The van der Waals surface area contributed by atoms with E-state index in [4.69, 9.17) is 4.84 Å². The van der Waals surface area contributed by atoms with Crippen molar-refractivity contribution in [3.05, 3.63) is 30.1 Å². The van der Waals surface area contributed by atoms with Crippen molar-refractivity contribution in [1.29, 1.82) is 0 Å². The number of aryl methyl sites for hydroxylation is 1. The second-order valence-electron chi connectivity index (χ2n) is 7.46. The molecule has 12 nitrogen and oxygen atoms in total. The molecule has 0 atom stereocenters. The average molecular weight is 508 g/mol. The van der Waals surface area contributed by atoms with E-state index in [0.717, 1.165) is 4.52 Å². The number of hydrogen-bond donors (Lipinski definition) is 1. The Morgan fingerprint density at radius 1 is 1.23 bits per heavy atom. The van der Waals surface area contributed by atoms with Crippen molar-refractivity contribution in [2.24, 2.45) is 7.05 Å². The minimum Gasteiger partial charge on any atom is -0.395 e. The number of halogens is 2. The van der Waals surface area contributed by atoms with Crippen molar-refractivity contribution in [2.75, 3.05) is 12.4 Å². The van der Waals surface area contributed by atoms with E-state index in [2.05, 4.69) is 30.0 Å². The zero-order valence-electron chi connectivity index (χ0n) is 18.6. The van der Waals surface area contributed by atoms with Crippen molar-refractivity contribution in [2.45, 2.75) is 25.2 Å². The number of sulfone groups is 1. The van der Waals surface area contributed by atoms with E-state index in [-0.39, 0.29) is 57.1 Å². The van der Waals surface area contributed by atoms with Crippen molar-refractivity contribution in [3.63, 3.8) is 0 Å². The molecule has 0 fully saturated rings. The number of amides is 1. The standard InChI is InChI=1S/C20H18F2N6O6S/c1-4-32-26-18(29)11-6-7-23-16-15(19(25-28(11)16)35(30,31)5-2)17-24-10-8-13-14(9-12(10)27(17)3)34-20(21,22)33-13/h6-9H,4-5H2,1-3H3,(H,26,29). The van der Waals surface area contributed by atoms with Crippen molar-refractivity contribution < 1.29 is 36.3 Å². The second-order valence-corrected chi connectivity index (χ2v) is 9.66. The number of aromatic nitrogens is 5. The van der Waals surface area contributed by atoms with Gasteiger partial charge in [-0.2, -0.15) is 5.10 Å². The molecule has 0 saturated heterocycles. The van der Waals surface area contributed by atoms with Gasteiger partial charge >= 0.3 is 6.29 Å². The maximum absolute atomic E-state index is 13.5. The Kier molecular flexibility index (Phi) is 5.14. The molecule has 184 valence electrons. The van der Waals surface area contributed by atoms with Crippen molar-refractivity contribution in [1.82, 2.24) is 29.6 Å². The fourth-order valence-electron chi connectivity index (χ4n) is 3.70. The molecular weight excluding hydrogens is 490 g/mol. The summed E-state index contributed by atoms with van der Waals surface area (Å²) in [5.41, 5.74) is 2.92. The van der Waals surface area contributed by atoms with Crippen LogP contribution in [0.4, 0.5) is 8.78 Å². The third-order valence-corrected chi connectivity index (χ3v) is 6.97. The first-order valence-electron chi connectivity index (χ1n) is 10.4. The van der Waals surface area contributed by atoms with Gasteiger partial charge in [0, 0.05) is 25.4 Å². The highest BCUT2D eigenvalue weighted by molar-refractivity contribution is 7.91. The molecular formula is C20H18F2N6O6S. The Labute approximate surface area is 196 Å². The van der Waals surface area contributed by atoms with E-state index in [1.807, 2.05) is 0 Å². The molecule has 3 aromatic heterocycles. The Morgan fingerprint density at radius 3 is 2.63 bits per heavy atom. The molecule has 1 amide bonds. The number of hydrogen-bond acceptors (Lipinski definition) is 9. The van der Waals surface area contributed by atoms with Gasteiger partial charge in [-0.25, -0.2) is 28.4 Å². The molecule has 1 aromatic carbocycles. The Balaban J connectivity index is 1.77. The number of nitrogens with zero attached hydrogens (tertiary/aromatic N) is 5. The molecule has 0 spiro atoms. The normalized spacial score (nSPS) is 14.7. The highest BCUT2D eigenvalue weighted by Gasteiger charge is 2.44. The zero-order valence-corrected chi connectivity index (χ0v) is 19.4. The van der Waals surface area contributed by atoms with Gasteiger partial charge < -0.3 is 14.0 Å². The first-order chi connectivity index (χ1) is 16.6. The molecule has 0 unspecified atom stereocenters. The number of carbonyl (C=O) groups is 1. The molecule has 15 heteroatoms. The van der Waals surface area contributed by atoms with Gasteiger partial charge in [0.15, 0.2) is 32.0 Å². The number of fused-ring (bicyclic) bond motifs is 3. The quantitative estimate of drug-likeness (QED) is 0.388. The summed E-state index contributed by atoms with van der Waals surface area (Å²) >= 11 is 0. The van der Waals surface area contributed by atoms with Crippen LogP contribution in [0.15, 0.2) is 29.4 Å². The maximum Gasteiger partial charge on any atom is 0.586 e. The van der Waals surface area contributed by atoms with Crippen LogP contribution in [0, 0.1) is 0 Å². The summed E-state index contributed by atoms with van der Waals surface area (Å²) in [4.78, 5) is 26.3. The van der Waals surface area contributed by atoms with Gasteiger partial charge in [-0.15, -0.1) is 8.78 Å². The number of carbonyl (C=O) groups excluding carboxylic acids is 1. The smallest absolute Gasteiger partial charge is 0.395 e. The lowest BCUT2D eigenvalue weighted by Gasteiger charge is -2.06. The molecule has 35 heavy (non-hydrogen) atoms. The van der Waals surface area contributed by atoms with Crippen LogP contribution >= 0.6 is 0 Å². The minimum absolute atomic E-state index is 0.0241. The van der Waals surface area contributed by atoms with Gasteiger partial charge in [-0.3, -0.25) is 9.63 Å². The van der Waals surface area contributed by atoms with Crippen LogP contribution in [-0.4, -0.2) is 57.1 Å². The number of alkyl halides is 2. The minimum atomic E-state index is -3.91. The highest BCUT2D eigenvalue weighted by atomic mass is 32.2. The summed E-state index contributed by atoms with van der Waals surface area (Å²) in [5.74, 6) is -1.20. The van der Waals surface area contributed by atoms with Crippen LogP contribution in [0.2, 0.25) is 0 Å². The van der Waals surface area contributed by atoms with Crippen LogP contribution in [0.5, 0.6) is 11.5 Å². The van der Waals surface area contributed by atoms with Crippen LogP contribution in [-0.2, 0) is 21.7 Å². The lowest BCUT2D eigenvalue weighted by molar-refractivity contribution is -0.286. The SMILES string of the molecule is CCONC(=O)c1ccnc2c(-c3nc4cc5c(cc4n3C)OC(F)(F)O5)c(S(=O)(=O)CC)nn12. The molecule has 0 aliphatic carbocycles. The topological polar surface area (TPSA) is 139 Å². The predicted molar refractivity (Wildman–Crippen MR) is 116 cm³/mol. The number of rotatable bonds is 6. The molecule has 1 aliphatic heterocycles. The fourth-order valence-corrected chi connectivity index (χ4v) is 4.67.